The Morgan fingerprint density at radius 3 is 2.52 bits per heavy atom. The molecule has 0 aliphatic carbocycles. The second kappa shape index (κ2) is 7.58. The SMILES string of the molecule is CCCC(C(=O)O)c1ccccc1C(=O)c1cccc(OC)c1. The second-order valence-electron chi connectivity index (χ2n) is 5.33. The van der Waals surface area contributed by atoms with E-state index in [1.165, 1.54) is 0 Å². The molecule has 0 aromatic heterocycles. The first-order chi connectivity index (χ1) is 11.1. The first kappa shape index (κ1) is 16.7. The van der Waals surface area contributed by atoms with Crippen molar-refractivity contribution >= 4 is 11.8 Å². The average molecular weight is 312 g/mol. The number of ether oxygens (including phenoxy) is 1. The standard InChI is InChI=1S/C19H20O4/c1-3-7-17(19(21)22)15-10-4-5-11-16(15)18(20)13-8-6-9-14(12-13)23-2/h4-6,8-12,17H,3,7H2,1-2H3,(H,21,22). The van der Waals surface area contributed by atoms with E-state index in [0.717, 1.165) is 6.42 Å². The van der Waals surface area contributed by atoms with Gasteiger partial charge >= 0.3 is 5.97 Å². The van der Waals surface area contributed by atoms with Crippen LogP contribution < -0.4 is 4.74 Å². The van der Waals surface area contributed by atoms with E-state index in [1.807, 2.05) is 6.92 Å². The lowest BCUT2D eigenvalue weighted by Gasteiger charge is -2.16. The van der Waals surface area contributed by atoms with Crippen molar-refractivity contribution in [1.82, 2.24) is 0 Å². The molecule has 0 spiro atoms. The van der Waals surface area contributed by atoms with Crippen LogP contribution in [0.3, 0.4) is 0 Å². The monoisotopic (exact) mass is 312 g/mol. The summed E-state index contributed by atoms with van der Waals surface area (Å²) in [6, 6.07) is 13.8. The van der Waals surface area contributed by atoms with Gasteiger partial charge in [0.1, 0.15) is 5.75 Å². The van der Waals surface area contributed by atoms with E-state index in [2.05, 4.69) is 0 Å². The summed E-state index contributed by atoms with van der Waals surface area (Å²) in [4.78, 5) is 24.4. The van der Waals surface area contributed by atoms with Crippen molar-refractivity contribution in [2.45, 2.75) is 25.7 Å². The Bertz CT molecular complexity index is 706. The van der Waals surface area contributed by atoms with Gasteiger partial charge in [-0.25, -0.2) is 0 Å². The first-order valence-corrected chi connectivity index (χ1v) is 7.59. The van der Waals surface area contributed by atoms with Gasteiger partial charge in [0.05, 0.1) is 13.0 Å². The molecule has 4 heteroatoms. The molecule has 2 aromatic rings. The van der Waals surface area contributed by atoms with Crippen LogP contribution in [-0.4, -0.2) is 24.0 Å². The normalized spacial score (nSPS) is 11.7. The third-order valence-electron chi connectivity index (χ3n) is 3.79. The fourth-order valence-corrected chi connectivity index (χ4v) is 2.63. The molecule has 0 saturated heterocycles. The Hall–Kier alpha value is -2.62. The number of carboxylic acids is 1. The molecule has 0 heterocycles. The molecule has 0 saturated carbocycles. The fourth-order valence-electron chi connectivity index (χ4n) is 2.63. The molecule has 0 fully saturated rings. The van der Waals surface area contributed by atoms with E-state index in [4.69, 9.17) is 4.74 Å². The molecular formula is C19H20O4. The van der Waals surface area contributed by atoms with Gasteiger partial charge in [0, 0.05) is 11.1 Å². The van der Waals surface area contributed by atoms with Crippen molar-refractivity contribution in [1.29, 1.82) is 0 Å². The summed E-state index contributed by atoms with van der Waals surface area (Å²) in [6.45, 7) is 1.93. The van der Waals surface area contributed by atoms with Gasteiger partial charge in [0.2, 0.25) is 0 Å². The van der Waals surface area contributed by atoms with E-state index in [9.17, 15) is 14.7 Å². The van der Waals surface area contributed by atoms with Crippen molar-refractivity contribution in [3.63, 3.8) is 0 Å². The largest absolute Gasteiger partial charge is 0.497 e. The maximum Gasteiger partial charge on any atom is 0.310 e. The molecule has 2 aromatic carbocycles. The first-order valence-electron chi connectivity index (χ1n) is 7.59. The van der Waals surface area contributed by atoms with Crippen LogP contribution in [0.2, 0.25) is 0 Å². The predicted molar refractivity (Wildman–Crippen MR) is 88.2 cm³/mol. The Balaban J connectivity index is 2.46. The number of carbonyl (C=O) groups excluding carboxylic acids is 1. The lowest BCUT2D eigenvalue weighted by atomic mass is 9.87. The molecule has 0 amide bonds. The number of hydrogen-bond acceptors (Lipinski definition) is 3. The summed E-state index contributed by atoms with van der Waals surface area (Å²) < 4.78 is 5.15. The van der Waals surface area contributed by atoms with E-state index >= 15 is 0 Å². The molecule has 1 atom stereocenters. The predicted octanol–water partition coefficient (Wildman–Crippen LogP) is 3.89. The van der Waals surface area contributed by atoms with Crippen molar-refractivity contribution < 1.29 is 19.4 Å². The highest BCUT2D eigenvalue weighted by molar-refractivity contribution is 6.10. The third kappa shape index (κ3) is 3.77. The van der Waals surface area contributed by atoms with Gasteiger partial charge in [-0.3, -0.25) is 9.59 Å². The van der Waals surface area contributed by atoms with Crippen LogP contribution in [0, 0.1) is 0 Å². The van der Waals surface area contributed by atoms with E-state index in [0.29, 0.717) is 28.9 Å². The van der Waals surface area contributed by atoms with Crippen LogP contribution in [0.1, 0.15) is 47.2 Å². The minimum atomic E-state index is -0.905. The Morgan fingerprint density at radius 1 is 1.13 bits per heavy atom. The molecule has 0 aliphatic rings. The molecule has 120 valence electrons. The number of rotatable bonds is 7. The van der Waals surface area contributed by atoms with Crippen molar-refractivity contribution in [2.24, 2.45) is 0 Å². The van der Waals surface area contributed by atoms with E-state index < -0.39 is 11.9 Å². The zero-order valence-electron chi connectivity index (χ0n) is 13.3. The zero-order chi connectivity index (χ0) is 16.8. The smallest absolute Gasteiger partial charge is 0.310 e. The molecule has 2 rings (SSSR count). The summed E-state index contributed by atoms with van der Waals surface area (Å²) in [5, 5.41) is 9.49. The van der Waals surface area contributed by atoms with Gasteiger partial charge in [-0.05, 0) is 24.1 Å². The minimum absolute atomic E-state index is 0.193. The quantitative estimate of drug-likeness (QED) is 0.788. The lowest BCUT2D eigenvalue weighted by molar-refractivity contribution is -0.139. The Labute approximate surface area is 135 Å². The summed E-state index contributed by atoms with van der Waals surface area (Å²) in [5.74, 6) is -1.18. The number of aliphatic carboxylic acids is 1. The molecule has 4 nitrogen and oxygen atoms in total. The highest BCUT2D eigenvalue weighted by Gasteiger charge is 2.24. The van der Waals surface area contributed by atoms with Crippen molar-refractivity contribution in [3.8, 4) is 5.75 Å². The van der Waals surface area contributed by atoms with Crippen molar-refractivity contribution in [3.05, 3.63) is 65.2 Å². The number of methoxy groups -OCH3 is 1. The van der Waals surface area contributed by atoms with Gasteiger partial charge in [0.25, 0.3) is 0 Å². The van der Waals surface area contributed by atoms with Crippen LogP contribution in [0.5, 0.6) is 5.75 Å². The van der Waals surface area contributed by atoms with Gasteiger partial charge in [0.15, 0.2) is 5.78 Å². The van der Waals surface area contributed by atoms with Crippen LogP contribution in [0.25, 0.3) is 0 Å². The van der Waals surface area contributed by atoms with Crippen LogP contribution in [0.4, 0.5) is 0 Å². The summed E-state index contributed by atoms with van der Waals surface area (Å²) in [5.41, 5.74) is 1.48. The Morgan fingerprint density at radius 2 is 1.87 bits per heavy atom. The summed E-state index contributed by atoms with van der Waals surface area (Å²) in [7, 11) is 1.54. The van der Waals surface area contributed by atoms with E-state index in [1.54, 1.807) is 55.6 Å². The van der Waals surface area contributed by atoms with Crippen LogP contribution >= 0.6 is 0 Å². The van der Waals surface area contributed by atoms with Crippen molar-refractivity contribution in [2.75, 3.05) is 7.11 Å². The highest BCUT2D eigenvalue weighted by Crippen LogP contribution is 2.27. The average Bonchev–Trinajstić information content (AvgIpc) is 2.59. The van der Waals surface area contributed by atoms with Crippen LogP contribution in [-0.2, 0) is 4.79 Å². The number of carbonyl (C=O) groups is 2. The summed E-state index contributed by atoms with van der Waals surface area (Å²) in [6.07, 6.45) is 1.23. The topological polar surface area (TPSA) is 63.6 Å². The number of carboxylic acid groups (broad SMARTS) is 1. The number of benzene rings is 2. The van der Waals surface area contributed by atoms with Gasteiger partial charge < -0.3 is 9.84 Å². The maximum atomic E-state index is 12.8. The zero-order valence-corrected chi connectivity index (χ0v) is 13.3. The Kier molecular flexibility index (Phi) is 5.52. The van der Waals surface area contributed by atoms with Gasteiger partial charge in [-0.1, -0.05) is 49.7 Å². The molecule has 0 radical (unpaired) electrons. The molecule has 1 unspecified atom stereocenters. The third-order valence-corrected chi connectivity index (χ3v) is 3.79. The number of ketones is 1. The minimum Gasteiger partial charge on any atom is -0.497 e. The second-order valence-corrected chi connectivity index (χ2v) is 5.33. The van der Waals surface area contributed by atoms with E-state index in [-0.39, 0.29) is 5.78 Å². The molecule has 23 heavy (non-hydrogen) atoms. The fraction of sp³-hybridized carbons (Fsp3) is 0.263. The highest BCUT2D eigenvalue weighted by atomic mass is 16.5. The van der Waals surface area contributed by atoms with Gasteiger partial charge in [-0.15, -0.1) is 0 Å². The maximum absolute atomic E-state index is 12.8. The summed E-state index contributed by atoms with van der Waals surface area (Å²) >= 11 is 0. The number of hydrogen-bond donors (Lipinski definition) is 1. The molecule has 0 aliphatic heterocycles. The van der Waals surface area contributed by atoms with Gasteiger partial charge in [-0.2, -0.15) is 0 Å². The lowest BCUT2D eigenvalue weighted by Crippen LogP contribution is -2.16. The molecular weight excluding hydrogens is 292 g/mol. The molecule has 0 bridgehead atoms. The molecule has 1 N–H and O–H groups in total. The van der Waals surface area contributed by atoms with Crippen LogP contribution in [0.15, 0.2) is 48.5 Å².